The second kappa shape index (κ2) is 9.04. The van der Waals surface area contributed by atoms with Gasteiger partial charge in [-0.1, -0.05) is 48.6 Å². The number of carbonyl (C=O) groups excluding carboxylic acids is 2. The van der Waals surface area contributed by atoms with Crippen LogP contribution in [0.15, 0.2) is 68.3 Å². The summed E-state index contributed by atoms with van der Waals surface area (Å²) < 4.78 is 10.8. The number of ether oxygens (including phenoxy) is 2. The van der Waals surface area contributed by atoms with E-state index in [1.807, 2.05) is 30.3 Å². The van der Waals surface area contributed by atoms with Crippen molar-refractivity contribution in [2.24, 2.45) is 5.41 Å². The van der Waals surface area contributed by atoms with Crippen LogP contribution in [0.1, 0.15) is 24.8 Å². The number of esters is 1. The van der Waals surface area contributed by atoms with Gasteiger partial charge in [-0.3, -0.25) is 9.69 Å². The fraction of sp³-hybridized carbons (Fsp3) is 0.333. The van der Waals surface area contributed by atoms with Crippen LogP contribution in [-0.2, 0) is 20.9 Å². The molecule has 1 heterocycles. The van der Waals surface area contributed by atoms with E-state index in [1.54, 1.807) is 18.2 Å². The standard InChI is InChI=1S/C21H25NO4/c1-4-10-18-21(13-5-2,14-6-3)19(23)26-16-22(18)20(24)25-15-17-11-8-7-9-12-17/h4-9,11-12,18H,1-3,10,13-16H2/t18-/m0/s1. The van der Waals surface area contributed by atoms with Gasteiger partial charge in [0, 0.05) is 0 Å². The van der Waals surface area contributed by atoms with Gasteiger partial charge in [0.1, 0.15) is 6.61 Å². The highest BCUT2D eigenvalue weighted by atomic mass is 16.6. The van der Waals surface area contributed by atoms with Gasteiger partial charge >= 0.3 is 12.1 Å². The number of nitrogens with zero attached hydrogens (tertiary/aromatic N) is 1. The molecule has 0 aromatic heterocycles. The van der Waals surface area contributed by atoms with Gasteiger partial charge in [0.15, 0.2) is 6.73 Å². The SMILES string of the molecule is C=CC[C@@H]1N(C(=O)OCc2ccccc2)COC(=O)C1(CC=C)CC=C. The summed E-state index contributed by atoms with van der Waals surface area (Å²) in [5.41, 5.74) is -0.0413. The first kappa shape index (κ1) is 19.5. The normalized spacial score (nSPS) is 18.5. The summed E-state index contributed by atoms with van der Waals surface area (Å²) in [5, 5.41) is 0. The first-order valence-corrected chi connectivity index (χ1v) is 8.56. The molecule has 5 nitrogen and oxygen atoms in total. The van der Waals surface area contributed by atoms with Crippen molar-refractivity contribution in [3.8, 4) is 0 Å². The van der Waals surface area contributed by atoms with Gasteiger partial charge in [0.05, 0.1) is 11.5 Å². The van der Waals surface area contributed by atoms with Crippen molar-refractivity contribution in [1.82, 2.24) is 4.90 Å². The Hall–Kier alpha value is -2.82. The third kappa shape index (κ3) is 4.04. The summed E-state index contributed by atoms with van der Waals surface area (Å²) in [7, 11) is 0. The molecule has 0 aliphatic carbocycles. The van der Waals surface area contributed by atoms with E-state index in [0.29, 0.717) is 19.3 Å². The molecule has 1 aliphatic rings. The lowest BCUT2D eigenvalue weighted by atomic mass is 9.72. The molecule has 1 aromatic carbocycles. The Kier molecular flexibility index (Phi) is 6.78. The van der Waals surface area contributed by atoms with Gasteiger partial charge < -0.3 is 9.47 Å². The van der Waals surface area contributed by atoms with E-state index in [1.165, 1.54) is 4.90 Å². The summed E-state index contributed by atoms with van der Waals surface area (Å²) in [6.45, 7) is 11.3. The first-order chi connectivity index (χ1) is 12.6. The Morgan fingerprint density at radius 3 is 2.42 bits per heavy atom. The number of amides is 1. The third-order valence-electron chi connectivity index (χ3n) is 4.60. The van der Waals surface area contributed by atoms with Crippen molar-refractivity contribution >= 4 is 12.1 Å². The Morgan fingerprint density at radius 2 is 1.85 bits per heavy atom. The van der Waals surface area contributed by atoms with Crippen molar-refractivity contribution in [1.29, 1.82) is 0 Å². The molecular weight excluding hydrogens is 330 g/mol. The van der Waals surface area contributed by atoms with E-state index in [2.05, 4.69) is 19.7 Å². The maximum Gasteiger partial charge on any atom is 0.413 e. The topological polar surface area (TPSA) is 55.8 Å². The lowest BCUT2D eigenvalue weighted by molar-refractivity contribution is -0.179. The smallest absolute Gasteiger partial charge is 0.413 e. The third-order valence-corrected chi connectivity index (χ3v) is 4.60. The average Bonchev–Trinajstić information content (AvgIpc) is 2.65. The number of rotatable bonds is 8. The Labute approximate surface area is 154 Å². The average molecular weight is 355 g/mol. The minimum absolute atomic E-state index is 0.138. The van der Waals surface area contributed by atoms with Crippen molar-refractivity contribution in [3.63, 3.8) is 0 Å². The van der Waals surface area contributed by atoms with Crippen molar-refractivity contribution < 1.29 is 19.1 Å². The van der Waals surface area contributed by atoms with E-state index >= 15 is 0 Å². The quantitative estimate of drug-likeness (QED) is 0.517. The van der Waals surface area contributed by atoms with Gasteiger partial charge in [0.25, 0.3) is 0 Å². The van der Waals surface area contributed by atoms with Crippen LogP contribution in [-0.4, -0.2) is 29.7 Å². The zero-order valence-corrected chi connectivity index (χ0v) is 14.9. The van der Waals surface area contributed by atoms with Gasteiger partial charge in [0.2, 0.25) is 0 Å². The molecule has 0 saturated carbocycles. The minimum Gasteiger partial charge on any atom is -0.444 e. The molecular formula is C21H25NO4. The van der Waals surface area contributed by atoms with Crippen LogP contribution < -0.4 is 0 Å². The van der Waals surface area contributed by atoms with Crippen LogP contribution in [0.5, 0.6) is 0 Å². The fourth-order valence-corrected chi connectivity index (χ4v) is 3.33. The van der Waals surface area contributed by atoms with Crippen molar-refractivity contribution in [2.45, 2.75) is 31.9 Å². The molecule has 1 atom stereocenters. The number of allylic oxidation sites excluding steroid dienone is 2. The molecule has 0 radical (unpaired) electrons. The number of carbonyl (C=O) groups is 2. The predicted octanol–water partition coefficient (Wildman–Crippen LogP) is 4.22. The minimum atomic E-state index is -0.929. The highest BCUT2D eigenvalue weighted by Gasteiger charge is 2.52. The van der Waals surface area contributed by atoms with Gasteiger partial charge in [-0.15, -0.1) is 19.7 Å². The Balaban J connectivity index is 2.23. The van der Waals surface area contributed by atoms with Gasteiger partial charge in [-0.2, -0.15) is 0 Å². The molecule has 5 heteroatoms. The molecule has 1 amide bonds. The molecule has 26 heavy (non-hydrogen) atoms. The molecule has 1 saturated heterocycles. The molecule has 0 unspecified atom stereocenters. The fourth-order valence-electron chi connectivity index (χ4n) is 3.33. The number of hydrogen-bond donors (Lipinski definition) is 0. The summed E-state index contributed by atoms with van der Waals surface area (Å²) in [6, 6.07) is 8.99. The summed E-state index contributed by atoms with van der Waals surface area (Å²) >= 11 is 0. The molecule has 1 fully saturated rings. The summed E-state index contributed by atoms with van der Waals surface area (Å²) in [6.07, 6.45) is 5.70. The second-order valence-electron chi connectivity index (χ2n) is 6.25. The van der Waals surface area contributed by atoms with E-state index in [4.69, 9.17) is 9.47 Å². The number of hydrogen-bond acceptors (Lipinski definition) is 4. The largest absolute Gasteiger partial charge is 0.444 e. The monoisotopic (exact) mass is 355 g/mol. The number of benzene rings is 1. The zero-order valence-electron chi connectivity index (χ0n) is 14.9. The molecule has 138 valence electrons. The second-order valence-corrected chi connectivity index (χ2v) is 6.25. The van der Waals surface area contributed by atoms with Crippen molar-refractivity contribution in [3.05, 3.63) is 73.9 Å². The highest BCUT2D eigenvalue weighted by Crippen LogP contribution is 2.41. The maximum atomic E-state index is 12.7. The summed E-state index contributed by atoms with van der Waals surface area (Å²) in [5.74, 6) is -0.351. The maximum absolute atomic E-state index is 12.7. The van der Waals surface area contributed by atoms with Gasteiger partial charge in [-0.25, -0.2) is 4.79 Å². The van der Waals surface area contributed by atoms with Crippen molar-refractivity contribution in [2.75, 3.05) is 6.73 Å². The lowest BCUT2D eigenvalue weighted by Gasteiger charge is -2.46. The molecule has 0 spiro atoms. The lowest BCUT2D eigenvalue weighted by Crippen LogP contribution is -2.59. The first-order valence-electron chi connectivity index (χ1n) is 8.56. The molecule has 1 aromatic rings. The Morgan fingerprint density at radius 1 is 1.19 bits per heavy atom. The van der Waals surface area contributed by atoms with Crippen LogP contribution in [0, 0.1) is 5.41 Å². The number of cyclic esters (lactones) is 1. The summed E-state index contributed by atoms with van der Waals surface area (Å²) in [4.78, 5) is 26.7. The molecule has 0 N–H and O–H groups in total. The van der Waals surface area contributed by atoms with Crippen LogP contribution in [0.25, 0.3) is 0 Å². The van der Waals surface area contributed by atoms with E-state index in [0.717, 1.165) is 5.56 Å². The van der Waals surface area contributed by atoms with E-state index < -0.39 is 17.6 Å². The van der Waals surface area contributed by atoms with E-state index in [9.17, 15) is 9.59 Å². The predicted molar refractivity (Wildman–Crippen MR) is 100 cm³/mol. The van der Waals surface area contributed by atoms with Crippen LogP contribution >= 0.6 is 0 Å². The Bertz CT molecular complexity index is 658. The van der Waals surface area contributed by atoms with Crippen LogP contribution in [0.4, 0.5) is 4.79 Å². The van der Waals surface area contributed by atoms with E-state index in [-0.39, 0.29) is 19.3 Å². The van der Waals surface area contributed by atoms with Crippen LogP contribution in [0.2, 0.25) is 0 Å². The van der Waals surface area contributed by atoms with Gasteiger partial charge in [-0.05, 0) is 24.8 Å². The molecule has 2 rings (SSSR count). The molecule has 0 bridgehead atoms. The zero-order chi connectivity index (χ0) is 19.0. The highest BCUT2D eigenvalue weighted by molar-refractivity contribution is 5.81. The molecule has 1 aliphatic heterocycles. The van der Waals surface area contributed by atoms with Crippen LogP contribution in [0.3, 0.4) is 0 Å².